The second-order valence-electron chi connectivity index (χ2n) is 5.25. The van der Waals surface area contributed by atoms with Gasteiger partial charge in [0.2, 0.25) is 0 Å². The molecule has 3 aromatic rings. The van der Waals surface area contributed by atoms with Crippen LogP contribution in [0.25, 0.3) is 10.9 Å². The fourth-order valence-corrected chi connectivity index (χ4v) is 2.15. The van der Waals surface area contributed by atoms with Crippen LogP contribution < -0.4 is 10.9 Å². The van der Waals surface area contributed by atoms with Crippen LogP contribution in [0.5, 0.6) is 0 Å². The Morgan fingerprint density at radius 3 is 2.62 bits per heavy atom. The smallest absolute Gasteiger partial charge is 0.327 e. The second kappa shape index (κ2) is 7.51. The Kier molecular flexibility index (Phi) is 4.97. The highest BCUT2D eigenvalue weighted by atomic mass is 19.1. The fraction of sp³-hybridized carbons (Fsp3) is 0.118. The molecule has 0 saturated carbocycles. The molecule has 1 aromatic heterocycles. The van der Waals surface area contributed by atoms with E-state index in [2.05, 4.69) is 15.6 Å². The van der Waals surface area contributed by atoms with Gasteiger partial charge in [-0.3, -0.25) is 14.4 Å². The van der Waals surface area contributed by atoms with Gasteiger partial charge in [0.05, 0.1) is 5.39 Å². The lowest BCUT2D eigenvalue weighted by Crippen LogP contribution is -2.32. The summed E-state index contributed by atoms with van der Waals surface area (Å²) in [6, 6.07) is 11.5. The van der Waals surface area contributed by atoms with Gasteiger partial charge in [-0.15, -0.1) is 5.10 Å². The number of nitrogens with zero attached hydrogens (tertiary/aromatic N) is 3. The molecule has 9 heteroatoms. The summed E-state index contributed by atoms with van der Waals surface area (Å²) in [4.78, 5) is 35.7. The molecular formula is C17H13FN4O4. The number of amides is 1. The summed E-state index contributed by atoms with van der Waals surface area (Å²) in [5.41, 5.74) is 0.196. The van der Waals surface area contributed by atoms with Crippen molar-refractivity contribution in [2.75, 3.05) is 6.54 Å². The van der Waals surface area contributed by atoms with Gasteiger partial charge in [0.25, 0.3) is 11.5 Å². The highest BCUT2D eigenvalue weighted by Crippen LogP contribution is 2.04. The van der Waals surface area contributed by atoms with E-state index in [1.165, 1.54) is 12.1 Å². The molecule has 0 unspecified atom stereocenters. The molecule has 0 saturated heterocycles. The predicted octanol–water partition coefficient (Wildman–Crippen LogP) is 0.861. The third-order valence-electron chi connectivity index (χ3n) is 3.48. The number of fused-ring (bicyclic) bond motifs is 1. The first kappa shape index (κ1) is 17.2. The lowest BCUT2D eigenvalue weighted by molar-refractivity contribution is -0.146. The number of benzene rings is 2. The van der Waals surface area contributed by atoms with Gasteiger partial charge in [-0.2, -0.15) is 4.68 Å². The minimum Gasteiger partial charge on any atom is -0.441 e. The van der Waals surface area contributed by atoms with Crippen LogP contribution in [0.4, 0.5) is 4.39 Å². The van der Waals surface area contributed by atoms with Crippen molar-refractivity contribution in [3.63, 3.8) is 0 Å². The van der Waals surface area contributed by atoms with Gasteiger partial charge >= 0.3 is 5.97 Å². The first-order valence-corrected chi connectivity index (χ1v) is 7.56. The lowest BCUT2D eigenvalue weighted by Gasteiger charge is -2.07. The van der Waals surface area contributed by atoms with Crippen molar-refractivity contribution in [3.8, 4) is 0 Å². The van der Waals surface area contributed by atoms with Crippen LogP contribution in [0.15, 0.2) is 53.3 Å². The highest BCUT2D eigenvalue weighted by Gasteiger charge is 2.11. The third kappa shape index (κ3) is 3.89. The SMILES string of the molecule is O=C(CNC(=O)c1ccc(F)cc1)OCn1nnc2ccccc2c1=O. The first-order valence-electron chi connectivity index (χ1n) is 7.56. The largest absolute Gasteiger partial charge is 0.441 e. The van der Waals surface area contributed by atoms with E-state index in [1.54, 1.807) is 24.3 Å². The molecule has 26 heavy (non-hydrogen) atoms. The molecule has 1 amide bonds. The van der Waals surface area contributed by atoms with E-state index in [4.69, 9.17) is 4.74 Å². The van der Waals surface area contributed by atoms with Gasteiger partial charge in [0.1, 0.15) is 17.9 Å². The highest BCUT2D eigenvalue weighted by molar-refractivity contribution is 5.95. The van der Waals surface area contributed by atoms with Crippen molar-refractivity contribution < 1.29 is 18.7 Å². The molecule has 1 heterocycles. The molecule has 2 aromatic carbocycles. The lowest BCUT2D eigenvalue weighted by atomic mass is 10.2. The molecule has 0 radical (unpaired) electrons. The minimum atomic E-state index is -0.762. The van der Waals surface area contributed by atoms with E-state index in [0.717, 1.165) is 16.8 Å². The monoisotopic (exact) mass is 356 g/mol. The van der Waals surface area contributed by atoms with Gasteiger partial charge in [-0.25, -0.2) is 4.39 Å². The summed E-state index contributed by atoms with van der Waals surface area (Å²) >= 11 is 0. The molecule has 0 spiro atoms. The van der Waals surface area contributed by atoms with Gasteiger partial charge < -0.3 is 10.1 Å². The number of rotatable bonds is 5. The van der Waals surface area contributed by atoms with Crippen LogP contribution in [0.2, 0.25) is 0 Å². The molecule has 132 valence electrons. The first-order chi connectivity index (χ1) is 12.5. The average Bonchev–Trinajstić information content (AvgIpc) is 2.66. The molecule has 0 atom stereocenters. The van der Waals surface area contributed by atoms with Crippen molar-refractivity contribution in [3.05, 3.63) is 70.3 Å². The Morgan fingerprint density at radius 2 is 1.85 bits per heavy atom. The molecule has 0 aliphatic carbocycles. The maximum absolute atomic E-state index is 12.8. The summed E-state index contributed by atoms with van der Waals surface area (Å²) in [6.07, 6.45) is 0. The number of halogens is 1. The minimum absolute atomic E-state index is 0.204. The Hall–Kier alpha value is -3.62. The van der Waals surface area contributed by atoms with E-state index in [1.807, 2.05) is 0 Å². The Balaban J connectivity index is 1.56. The maximum atomic E-state index is 12.8. The van der Waals surface area contributed by atoms with Crippen molar-refractivity contribution in [2.24, 2.45) is 0 Å². The van der Waals surface area contributed by atoms with Crippen molar-refractivity contribution in [2.45, 2.75) is 6.73 Å². The van der Waals surface area contributed by atoms with Gasteiger partial charge in [-0.1, -0.05) is 17.3 Å². The molecule has 0 bridgehead atoms. The van der Waals surface area contributed by atoms with E-state index in [-0.39, 0.29) is 5.56 Å². The fourth-order valence-electron chi connectivity index (χ4n) is 2.15. The number of esters is 1. The van der Waals surface area contributed by atoms with E-state index >= 15 is 0 Å². The topological polar surface area (TPSA) is 103 Å². The zero-order valence-corrected chi connectivity index (χ0v) is 13.4. The summed E-state index contributed by atoms with van der Waals surface area (Å²) in [6.45, 7) is -0.839. The van der Waals surface area contributed by atoms with Crippen molar-refractivity contribution in [1.29, 1.82) is 0 Å². The normalized spacial score (nSPS) is 10.5. The quantitative estimate of drug-likeness (QED) is 0.680. The molecule has 8 nitrogen and oxygen atoms in total. The van der Waals surface area contributed by atoms with Crippen LogP contribution in [0.3, 0.4) is 0 Å². The molecule has 0 aliphatic rings. The number of hydrogen-bond donors (Lipinski definition) is 1. The second-order valence-corrected chi connectivity index (χ2v) is 5.25. The number of hydrogen-bond acceptors (Lipinski definition) is 6. The Labute approximate surface area is 146 Å². The molecule has 1 N–H and O–H groups in total. The van der Waals surface area contributed by atoms with Crippen LogP contribution in [-0.4, -0.2) is 33.4 Å². The third-order valence-corrected chi connectivity index (χ3v) is 3.48. The van der Waals surface area contributed by atoms with Crippen molar-refractivity contribution in [1.82, 2.24) is 20.3 Å². The number of nitrogens with one attached hydrogen (secondary N) is 1. The molecule has 3 rings (SSSR count). The summed E-state index contributed by atoms with van der Waals surface area (Å²) in [5.74, 6) is -1.78. The number of carbonyl (C=O) groups is 2. The van der Waals surface area contributed by atoms with Gasteiger partial charge in [0.15, 0.2) is 6.73 Å². The number of carbonyl (C=O) groups excluding carboxylic acids is 2. The van der Waals surface area contributed by atoms with E-state index in [9.17, 15) is 18.8 Å². The summed E-state index contributed by atoms with van der Waals surface area (Å²) in [7, 11) is 0. The maximum Gasteiger partial charge on any atom is 0.327 e. The zero-order valence-electron chi connectivity index (χ0n) is 13.4. The Bertz CT molecular complexity index is 1020. The van der Waals surface area contributed by atoms with Crippen LogP contribution >= 0.6 is 0 Å². The predicted molar refractivity (Wildman–Crippen MR) is 88.6 cm³/mol. The summed E-state index contributed by atoms with van der Waals surface area (Å²) in [5, 5.41) is 10.2. The van der Waals surface area contributed by atoms with Crippen molar-refractivity contribution >= 4 is 22.8 Å². The zero-order chi connectivity index (χ0) is 18.5. The standard InChI is InChI=1S/C17H13FN4O4/c18-12-7-5-11(6-8-12)16(24)19-9-15(23)26-10-22-17(25)13-3-1-2-4-14(13)20-21-22/h1-8H,9-10H2,(H,19,24). The molecule has 0 fully saturated rings. The summed E-state index contributed by atoms with van der Waals surface area (Å²) < 4.78 is 18.6. The molecule has 0 aliphatic heterocycles. The van der Waals surface area contributed by atoms with Crippen LogP contribution in [0.1, 0.15) is 10.4 Å². The average molecular weight is 356 g/mol. The van der Waals surface area contributed by atoms with Crippen LogP contribution in [-0.2, 0) is 16.3 Å². The van der Waals surface area contributed by atoms with Crippen LogP contribution in [0, 0.1) is 5.82 Å². The number of aromatic nitrogens is 3. The van der Waals surface area contributed by atoms with Gasteiger partial charge in [0, 0.05) is 5.56 Å². The molecular weight excluding hydrogens is 343 g/mol. The van der Waals surface area contributed by atoms with E-state index in [0.29, 0.717) is 10.9 Å². The number of ether oxygens (including phenoxy) is 1. The van der Waals surface area contributed by atoms with E-state index < -0.39 is 36.5 Å². The van der Waals surface area contributed by atoms with Gasteiger partial charge in [-0.05, 0) is 36.4 Å². The Morgan fingerprint density at radius 1 is 1.12 bits per heavy atom.